The maximum absolute atomic E-state index is 12.5. The summed E-state index contributed by atoms with van der Waals surface area (Å²) in [5.41, 5.74) is 2.17. The fraction of sp³-hybridized carbons (Fsp3) is 0.696. The molecule has 3 unspecified atom stereocenters. The van der Waals surface area contributed by atoms with Gasteiger partial charge < -0.3 is 20.7 Å². The second-order valence-corrected chi connectivity index (χ2v) is 8.74. The summed E-state index contributed by atoms with van der Waals surface area (Å²) < 4.78 is 5.68. The summed E-state index contributed by atoms with van der Waals surface area (Å²) in [6.07, 6.45) is 9.52. The minimum Gasteiger partial charge on any atom is -0.379 e. The Kier molecular flexibility index (Phi) is 8.79. The lowest BCUT2D eigenvalue weighted by Crippen LogP contribution is -2.50. The number of nitrogens with one attached hydrogen (secondary N) is 3. The summed E-state index contributed by atoms with van der Waals surface area (Å²) in [5.74, 6) is 1.04. The van der Waals surface area contributed by atoms with E-state index in [1.807, 2.05) is 6.07 Å². The smallest absolute Gasteiger partial charge is 0.227 e. The van der Waals surface area contributed by atoms with Crippen molar-refractivity contribution >= 4 is 24.0 Å². The van der Waals surface area contributed by atoms with Crippen LogP contribution in [0.15, 0.2) is 24.3 Å². The molecule has 3 fully saturated rings. The van der Waals surface area contributed by atoms with E-state index in [1.165, 1.54) is 44.1 Å². The maximum Gasteiger partial charge on any atom is 0.227 e. The molecule has 29 heavy (non-hydrogen) atoms. The van der Waals surface area contributed by atoms with Crippen molar-refractivity contribution < 1.29 is 9.53 Å². The van der Waals surface area contributed by atoms with Crippen LogP contribution in [-0.2, 0) is 16.1 Å². The van der Waals surface area contributed by atoms with Crippen LogP contribution in [0.25, 0.3) is 0 Å². The number of carbonyl (C=O) groups is 1. The Bertz CT molecular complexity index is 645. The topological polar surface area (TPSA) is 62.4 Å². The highest BCUT2D eigenvalue weighted by molar-refractivity contribution is 5.92. The lowest BCUT2D eigenvalue weighted by molar-refractivity contribution is -0.120. The Morgan fingerprint density at radius 1 is 1.10 bits per heavy atom. The van der Waals surface area contributed by atoms with E-state index in [1.54, 1.807) is 0 Å². The molecular weight excluding hydrogens is 386 g/mol. The molecule has 2 saturated carbocycles. The van der Waals surface area contributed by atoms with Gasteiger partial charge in [-0.15, -0.1) is 12.4 Å². The molecule has 0 aromatic heterocycles. The van der Waals surface area contributed by atoms with Gasteiger partial charge in [0.15, 0.2) is 0 Å². The number of rotatable bonds is 6. The van der Waals surface area contributed by atoms with Gasteiger partial charge in [0.25, 0.3) is 0 Å². The number of ether oxygens (including phenoxy) is 1. The highest BCUT2D eigenvalue weighted by Gasteiger charge is 2.34. The molecule has 5 nitrogen and oxygen atoms in total. The van der Waals surface area contributed by atoms with Crippen molar-refractivity contribution in [2.75, 3.05) is 25.1 Å². The second kappa shape index (κ2) is 11.3. The average molecular weight is 422 g/mol. The highest BCUT2D eigenvalue weighted by Crippen LogP contribution is 2.30. The largest absolute Gasteiger partial charge is 0.379 e. The van der Waals surface area contributed by atoms with Crippen LogP contribution in [0.1, 0.15) is 56.9 Å². The lowest BCUT2D eigenvalue weighted by atomic mass is 9.88. The summed E-state index contributed by atoms with van der Waals surface area (Å²) in [4.78, 5) is 12.5. The van der Waals surface area contributed by atoms with Crippen LogP contribution in [0.2, 0.25) is 0 Å². The van der Waals surface area contributed by atoms with E-state index in [0.29, 0.717) is 18.0 Å². The van der Waals surface area contributed by atoms with Gasteiger partial charge in [-0.2, -0.15) is 0 Å². The van der Waals surface area contributed by atoms with Crippen LogP contribution in [-0.4, -0.2) is 37.7 Å². The van der Waals surface area contributed by atoms with Gasteiger partial charge in [-0.05, 0) is 49.3 Å². The highest BCUT2D eigenvalue weighted by atomic mass is 35.5. The van der Waals surface area contributed by atoms with E-state index in [9.17, 15) is 4.79 Å². The van der Waals surface area contributed by atoms with Crippen LogP contribution < -0.4 is 16.0 Å². The van der Waals surface area contributed by atoms with Crippen molar-refractivity contribution in [1.29, 1.82) is 0 Å². The number of hydrogen-bond acceptors (Lipinski definition) is 4. The number of anilines is 1. The first-order valence-electron chi connectivity index (χ1n) is 11.2. The molecule has 0 bridgehead atoms. The monoisotopic (exact) mass is 421 g/mol. The van der Waals surface area contributed by atoms with E-state index in [2.05, 4.69) is 34.1 Å². The molecule has 6 heteroatoms. The Labute approximate surface area is 181 Å². The van der Waals surface area contributed by atoms with Crippen LogP contribution in [0, 0.1) is 11.8 Å². The van der Waals surface area contributed by atoms with E-state index in [-0.39, 0.29) is 24.2 Å². The third kappa shape index (κ3) is 6.17. The number of halogens is 1. The van der Waals surface area contributed by atoms with Gasteiger partial charge in [0.2, 0.25) is 5.91 Å². The van der Waals surface area contributed by atoms with Gasteiger partial charge in [0.05, 0.1) is 13.2 Å². The quantitative estimate of drug-likeness (QED) is 0.652. The average Bonchev–Trinajstić information content (AvgIpc) is 3.22. The second-order valence-electron chi connectivity index (χ2n) is 8.74. The maximum atomic E-state index is 12.5. The zero-order valence-corrected chi connectivity index (χ0v) is 18.1. The third-order valence-electron chi connectivity index (χ3n) is 6.78. The summed E-state index contributed by atoms with van der Waals surface area (Å²) in [7, 11) is 0. The Morgan fingerprint density at radius 3 is 2.76 bits per heavy atom. The minimum atomic E-state index is 0. The summed E-state index contributed by atoms with van der Waals surface area (Å²) >= 11 is 0. The number of morpholine rings is 1. The number of hydrogen-bond donors (Lipinski definition) is 3. The molecular formula is C23H36ClN3O2. The van der Waals surface area contributed by atoms with Gasteiger partial charge in [-0.3, -0.25) is 4.79 Å². The standard InChI is InChI=1S/C23H35N3O2.ClH/c27-23(18-7-2-1-3-8-18)26-19-9-4-6-17(14-19)15-25-21-11-5-10-20(21)22-16-28-13-12-24-22;/h4,6,9,14,18,20-22,24-25H,1-3,5,7-8,10-13,15-16H2,(H,26,27);1H. The third-order valence-corrected chi connectivity index (χ3v) is 6.78. The molecule has 2 aliphatic carbocycles. The molecule has 1 aliphatic heterocycles. The van der Waals surface area contributed by atoms with E-state index >= 15 is 0 Å². The molecule has 3 N–H and O–H groups in total. The summed E-state index contributed by atoms with van der Waals surface area (Å²) in [6, 6.07) is 9.35. The predicted molar refractivity (Wildman–Crippen MR) is 119 cm³/mol. The molecule has 1 aromatic carbocycles. The van der Waals surface area contributed by atoms with Crippen molar-refractivity contribution in [3.8, 4) is 0 Å². The van der Waals surface area contributed by atoms with Crippen LogP contribution in [0.4, 0.5) is 5.69 Å². The molecule has 0 spiro atoms. The lowest BCUT2D eigenvalue weighted by Gasteiger charge is -2.33. The van der Waals surface area contributed by atoms with Crippen molar-refractivity contribution in [3.05, 3.63) is 29.8 Å². The number of benzene rings is 1. The van der Waals surface area contributed by atoms with E-state index in [0.717, 1.165) is 44.8 Å². The van der Waals surface area contributed by atoms with Gasteiger partial charge in [-0.1, -0.05) is 37.8 Å². The molecule has 3 atom stereocenters. The molecule has 4 rings (SSSR count). The molecule has 1 heterocycles. The molecule has 0 radical (unpaired) electrons. The first-order chi connectivity index (χ1) is 13.8. The van der Waals surface area contributed by atoms with Crippen LogP contribution in [0.5, 0.6) is 0 Å². The Balaban J connectivity index is 0.00000240. The molecule has 3 aliphatic rings. The fourth-order valence-corrected chi connectivity index (χ4v) is 5.20. The summed E-state index contributed by atoms with van der Waals surface area (Å²) in [6.45, 7) is 3.49. The zero-order valence-electron chi connectivity index (χ0n) is 17.3. The first-order valence-corrected chi connectivity index (χ1v) is 11.2. The molecule has 1 amide bonds. The van der Waals surface area contributed by atoms with Crippen molar-refractivity contribution in [2.45, 2.75) is 70.0 Å². The van der Waals surface area contributed by atoms with Crippen molar-refractivity contribution in [3.63, 3.8) is 0 Å². The van der Waals surface area contributed by atoms with E-state index < -0.39 is 0 Å². The number of carbonyl (C=O) groups excluding carboxylic acids is 1. The Morgan fingerprint density at radius 2 is 1.97 bits per heavy atom. The van der Waals surface area contributed by atoms with E-state index in [4.69, 9.17) is 4.74 Å². The molecule has 1 aromatic rings. The molecule has 1 saturated heterocycles. The van der Waals surface area contributed by atoms with Crippen LogP contribution in [0.3, 0.4) is 0 Å². The van der Waals surface area contributed by atoms with Gasteiger partial charge in [0, 0.05) is 36.8 Å². The first kappa shape index (κ1) is 22.5. The van der Waals surface area contributed by atoms with Gasteiger partial charge in [0.1, 0.15) is 0 Å². The van der Waals surface area contributed by atoms with Crippen molar-refractivity contribution in [1.82, 2.24) is 10.6 Å². The van der Waals surface area contributed by atoms with Crippen molar-refractivity contribution in [2.24, 2.45) is 11.8 Å². The minimum absolute atomic E-state index is 0. The number of amides is 1. The zero-order chi connectivity index (χ0) is 19.2. The molecule has 162 valence electrons. The summed E-state index contributed by atoms with van der Waals surface area (Å²) in [5, 5.41) is 10.6. The van der Waals surface area contributed by atoms with Gasteiger partial charge >= 0.3 is 0 Å². The van der Waals surface area contributed by atoms with Crippen LogP contribution >= 0.6 is 12.4 Å². The fourth-order valence-electron chi connectivity index (χ4n) is 5.20. The Hall–Kier alpha value is -1.14. The SMILES string of the molecule is Cl.O=C(Nc1cccc(CNC2CCCC2C2COCCN2)c1)C1CCCCC1. The normalized spacial score (nSPS) is 27.9. The predicted octanol–water partition coefficient (Wildman–Crippen LogP) is 3.87. The van der Waals surface area contributed by atoms with Gasteiger partial charge in [-0.25, -0.2) is 0 Å².